The molecule has 166 valence electrons. The Morgan fingerprint density at radius 1 is 1.19 bits per heavy atom. The highest BCUT2D eigenvalue weighted by molar-refractivity contribution is 5.96. The second kappa shape index (κ2) is 7.52. The molecule has 0 radical (unpaired) electrons. The van der Waals surface area contributed by atoms with Gasteiger partial charge in [0.1, 0.15) is 17.3 Å². The zero-order chi connectivity index (χ0) is 22.6. The summed E-state index contributed by atoms with van der Waals surface area (Å²) in [6, 6.07) is 2.76. The van der Waals surface area contributed by atoms with Gasteiger partial charge < -0.3 is 19.3 Å². The molecule has 0 spiro atoms. The Morgan fingerprint density at radius 3 is 2.72 bits per heavy atom. The van der Waals surface area contributed by atoms with Crippen LogP contribution in [0.15, 0.2) is 35.4 Å². The van der Waals surface area contributed by atoms with Crippen LogP contribution in [0.5, 0.6) is 5.75 Å². The van der Waals surface area contributed by atoms with Crippen molar-refractivity contribution in [2.45, 2.75) is 25.6 Å². The molecule has 2 aromatic heterocycles. The van der Waals surface area contributed by atoms with Gasteiger partial charge in [0.25, 0.3) is 5.91 Å². The third-order valence-corrected chi connectivity index (χ3v) is 5.96. The SMILES string of the molecule is CCN1C(=O)c2c(O)c(=O)c(-c3cn(Cc4ccc(F)cc4F)nn3)cn2[C@@H]2COCC21. The number of benzene rings is 1. The third-order valence-electron chi connectivity index (χ3n) is 5.96. The maximum Gasteiger partial charge on any atom is 0.274 e. The number of aromatic nitrogens is 4. The standard InChI is InChI=1S/C21H19F2N5O4/c1-2-27-16-9-32-10-17(16)28-7-13(19(29)20(30)18(28)21(27)31)15-8-26(25-24-15)6-11-3-4-12(22)5-14(11)23/h3-5,7-8,16-17,30H,2,6,9-10H2,1H3/t16?,17-/m1/s1. The van der Waals surface area contributed by atoms with Crippen LogP contribution in [0.3, 0.4) is 0 Å². The number of ether oxygens (including phenoxy) is 1. The molecule has 11 heteroatoms. The van der Waals surface area contributed by atoms with E-state index in [2.05, 4.69) is 10.3 Å². The molecule has 2 aliphatic rings. The molecular formula is C21H19F2N5O4. The normalized spacial score (nSPS) is 19.8. The number of hydrogen-bond donors (Lipinski definition) is 1. The van der Waals surface area contributed by atoms with Crippen molar-refractivity contribution in [2.24, 2.45) is 0 Å². The van der Waals surface area contributed by atoms with Crippen molar-refractivity contribution >= 4 is 5.91 Å². The fourth-order valence-electron chi connectivity index (χ4n) is 4.36. The first kappa shape index (κ1) is 20.3. The first-order valence-electron chi connectivity index (χ1n) is 10.1. The number of hydrogen-bond acceptors (Lipinski definition) is 6. The summed E-state index contributed by atoms with van der Waals surface area (Å²) in [5.41, 5.74) is -0.417. The number of likely N-dealkylation sites (N-methyl/N-ethyl adjacent to an activating group) is 1. The molecule has 0 aliphatic carbocycles. The van der Waals surface area contributed by atoms with Crippen molar-refractivity contribution < 1.29 is 23.4 Å². The highest BCUT2D eigenvalue weighted by atomic mass is 19.1. The Morgan fingerprint density at radius 2 is 1.97 bits per heavy atom. The Bertz CT molecular complexity index is 1290. The van der Waals surface area contributed by atoms with E-state index in [1.54, 1.807) is 9.47 Å². The van der Waals surface area contributed by atoms with Crippen molar-refractivity contribution in [1.29, 1.82) is 0 Å². The minimum Gasteiger partial charge on any atom is -0.503 e. The maximum absolute atomic E-state index is 14.0. The summed E-state index contributed by atoms with van der Waals surface area (Å²) in [5, 5.41) is 18.5. The Labute approximate surface area is 180 Å². The highest BCUT2D eigenvalue weighted by Gasteiger charge is 2.44. The van der Waals surface area contributed by atoms with Crippen molar-refractivity contribution in [3.05, 3.63) is 63.7 Å². The number of carbonyl (C=O) groups excluding carboxylic acids is 1. The number of amides is 1. The van der Waals surface area contributed by atoms with Gasteiger partial charge in [-0.15, -0.1) is 5.10 Å². The summed E-state index contributed by atoms with van der Waals surface area (Å²) in [4.78, 5) is 27.4. The molecule has 1 unspecified atom stereocenters. The molecule has 2 aliphatic heterocycles. The molecule has 32 heavy (non-hydrogen) atoms. The average molecular weight is 443 g/mol. The lowest BCUT2D eigenvalue weighted by molar-refractivity contribution is 0.0571. The largest absolute Gasteiger partial charge is 0.503 e. The minimum absolute atomic E-state index is 0.0279. The van der Waals surface area contributed by atoms with Crippen LogP contribution >= 0.6 is 0 Å². The zero-order valence-electron chi connectivity index (χ0n) is 17.0. The maximum atomic E-state index is 14.0. The van der Waals surface area contributed by atoms with E-state index in [0.717, 1.165) is 12.1 Å². The average Bonchev–Trinajstić information content (AvgIpc) is 3.42. The van der Waals surface area contributed by atoms with Crippen LogP contribution in [-0.4, -0.2) is 61.3 Å². The number of aromatic hydroxyl groups is 1. The molecule has 0 bridgehead atoms. The number of halogens is 2. The van der Waals surface area contributed by atoms with Gasteiger partial charge in [0, 0.05) is 24.4 Å². The summed E-state index contributed by atoms with van der Waals surface area (Å²) in [7, 11) is 0. The lowest BCUT2D eigenvalue weighted by atomic mass is 10.0. The van der Waals surface area contributed by atoms with Crippen LogP contribution in [0.25, 0.3) is 11.3 Å². The number of fused-ring (bicyclic) bond motifs is 3. The minimum atomic E-state index is -0.752. The number of nitrogens with zero attached hydrogens (tertiary/aromatic N) is 5. The van der Waals surface area contributed by atoms with Gasteiger partial charge >= 0.3 is 0 Å². The predicted octanol–water partition coefficient (Wildman–Crippen LogP) is 1.55. The molecule has 2 atom stereocenters. The predicted molar refractivity (Wildman–Crippen MR) is 107 cm³/mol. The lowest BCUT2D eigenvalue weighted by Gasteiger charge is -2.38. The fraction of sp³-hybridized carbons (Fsp3) is 0.333. The van der Waals surface area contributed by atoms with Crippen LogP contribution in [0, 0.1) is 11.6 Å². The van der Waals surface area contributed by atoms with Crippen molar-refractivity contribution in [3.8, 4) is 17.0 Å². The van der Waals surface area contributed by atoms with E-state index in [1.165, 1.54) is 23.1 Å². The number of carbonyl (C=O) groups is 1. The van der Waals surface area contributed by atoms with Crippen molar-refractivity contribution in [3.63, 3.8) is 0 Å². The highest BCUT2D eigenvalue weighted by Crippen LogP contribution is 2.35. The van der Waals surface area contributed by atoms with Gasteiger partial charge in [-0.1, -0.05) is 11.3 Å². The smallest absolute Gasteiger partial charge is 0.274 e. The first-order valence-corrected chi connectivity index (χ1v) is 10.1. The monoisotopic (exact) mass is 443 g/mol. The second-order valence-electron chi connectivity index (χ2n) is 7.78. The third kappa shape index (κ3) is 3.08. The molecule has 9 nitrogen and oxygen atoms in total. The van der Waals surface area contributed by atoms with Crippen LogP contribution in [-0.2, 0) is 11.3 Å². The van der Waals surface area contributed by atoms with Crippen LogP contribution in [0.4, 0.5) is 8.78 Å². The Kier molecular flexibility index (Phi) is 4.77. The van der Waals surface area contributed by atoms with E-state index in [-0.39, 0.29) is 41.1 Å². The molecular weight excluding hydrogens is 424 g/mol. The van der Waals surface area contributed by atoms with Crippen LogP contribution in [0.1, 0.15) is 29.0 Å². The van der Waals surface area contributed by atoms with Gasteiger partial charge in [0.15, 0.2) is 11.4 Å². The topological polar surface area (TPSA) is 102 Å². The number of rotatable bonds is 4. The van der Waals surface area contributed by atoms with E-state index in [4.69, 9.17) is 4.74 Å². The van der Waals surface area contributed by atoms with E-state index >= 15 is 0 Å². The molecule has 1 fully saturated rings. The number of pyridine rings is 1. The van der Waals surface area contributed by atoms with Gasteiger partial charge in [-0.3, -0.25) is 9.59 Å². The molecule has 1 saturated heterocycles. The van der Waals surface area contributed by atoms with Gasteiger partial charge in [-0.25, -0.2) is 13.5 Å². The molecule has 3 aromatic rings. The Balaban J connectivity index is 1.55. The van der Waals surface area contributed by atoms with Crippen LogP contribution < -0.4 is 5.43 Å². The molecule has 4 heterocycles. The van der Waals surface area contributed by atoms with Crippen molar-refractivity contribution in [2.75, 3.05) is 19.8 Å². The first-order chi connectivity index (χ1) is 15.4. The van der Waals surface area contributed by atoms with Crippen LogP contribution in [0.2, 0.25) is 0 Å². The van der Waals surface area contributed by atoms with E-state index in [9.17, 15) is 23.5 Å². The van der Waals surface area contributed by atoms with Crippen molar-refractivity contribution in [1.82, 2.24) is 24.5 Å². The van der Waals surface area contributed by atoms with E-state index in [1.807, 2.05) is 6.92 Å². The molecule has 1 amide bonds. The quantitative estimate of drug-likeness (QED) is 0.657. The summed E-state index contributed by atoms with van der Waals surface area (Å²) in [6.07, 6.45) is 2.92. The summed E-state index contributed by atoms with van der Waals surface area (Å²) >= 11 is 0. The summed E-state index contributed by atoms with van der Waals surface area (Å²) < 4.78 is 35.5. The van der Waals surface area contributed by atoms with Gasteiger partial charge in [0.05, 0.1) is 43.6 Å². The summed E-state index contributed by atoms with van der Waals surface area (Å²) in [6.45, 7) is 2.92. The molecule has 1 aromatic carbocycles. The molecule has 0 saturated carbocycles. The van der Waals surface area contributed by atoms with Gasteiger partial charge in [0.2, 0.25) is 5.43 Å². The fourth-order valence-corrected chi connectivity index (χ4v) is 4.36. The molecule has 5 rings (SSSR count). The summed E-state index contributed by atoms with van der Waals surface area (Å²) in [5.74, 6) is -2.50. The lowest BCUT2D eigenvalue weighted by Crippen LogP contribution is -2.51. The molecule has 1 N–H and O–H groups in total. The zero-order valence-corrected chi connectivity index (χ0v) is 17.0. The van der Waals surface area contributed by atoms with E-state index in [0.29, 0.717) is 19.8 Å². The van der Waals surface area contributed by atoms with Gasteiger partial charge in [-0.05, 0) is 13.0 Å². The Hall–Kier alpha value is -3.60. The second-order valence-corrected chi connectivity index (χ2v) is 7.78. The van der Waals surface area contributed by atoms with E-state index < -0.39 is 28.7 Å². The van der Waals surface area contributed by atoms with Gasteiger partial charge in [-0.2, -0.15) is 0 Å².